The second-order valence-corrected chi connectivity index (χ2v) is 8.21. The number of primary amides is 1. The smallest absolute Gasteiger partial charge is 0.417 e. The van der Waals surface area contributed by atoms with Crippen LogP contribution in [0.4, 0.5) is 32.0 Å². The molecule has 2 amide bonds. The zero-order valence-corrected chi connectivity index (χ0v) is 18.6. The molecule has 3 rings (SSSR count). The maximum Gasteiger partial charge on any atom is 0.417 e. The highest BCUT2D eigenvalue weighted by atomic mass is 19.4. The van der Waals surface area contributed by atoms with Crippen LogP contribution in [0.15, 0.2) is 30.5 Å². The van der Waals surface area contributed by atoms with E-state index in [2.05, 4.69) is 15.0 Å². The lowest BCUT2D eigenvalue weighted by atomic mass is 9.76. The summed E-state index contributed by atoms with van der Waals surface area (Å²) >= 11 is 0. The topological polar surface area (TPSA) is 104 Å². The van der Waals surface area contributed by atoms with Crippen LogP contribution < -0.4 is 15.8 Å². The standard InChI is InChI=1S/C22H21F6N3O4/c1-9-13(23)5-4-12(16(9)34-20(24)25)15-10(2)21(3,22(26,27)28)35-17(15)19(33)31-11-6-7-30-14(8-11)18(29)32/h4-8,10,15,17,20H,1-3H3,(H2,29,32)(H,30,31,33)/t10-,15-,17+,21+/m0/s1. The lowest BCUT2D eigenvalue weighted by molar-refractivity contribution is -0.272. The van der Waals surface area contributed by atoms with E-state index >= 15 is 0 Å². The minimum absolute atomic E-state index is 0.0197. The molecule has 190 valence electrons. The molecule has 4 atom stereocenters. The van der Waals surface area contributed by atoms with Gasteiger partial charge in [-0.05, 0) is 32.0 Å². The van der Waals surface area contributed by atoms with Gasteiger partial charge in [-0.1, -0.05) is 13.0 Å². The van der Waals surface area contributed by atoms with E-state index in [-0.39, 0.29) is 22.5 Å². The molecule has 1 fully saturated rings. The van der Waals surface area contributed by atoms with Gasteiger partial charge in [-0.25, -0.2) is 4.39 Å². The van der Waals surface area contributed by atoms with E-state index in [4.69, 9.17) is 10.5 Å². The molecule has 2 heterocycles. The number of nitrogens with two attached hydrogens (primary N) is 1. The number of nitrogens with one attached hydrogen (secondary N) is 1. The summed E-state index contributed by atoms with van der Waals surface area (Å²) < 4.78 is 92.1. The fourth-order valence-corrected chi connectivity index (χ4v) is 4.08. The van der Waals surface area contributed by atoms with Gasteiger partial charge in [0, 0.05) is 34.8 Å². The average Bonchev–Trinajstić information content (AvgIpc) is 3.04. The Morgan fingerprint density at radius 1 is 1.26 bits per heavy atom. The second kappa shape index (κ2) is 9.36. The van der Waals surface area contributed by atoms with Gasteiger partial charge in [0.15, 0.2) is 5.60 Å². The summed E-state index contributed by atoms with van der Waals surface area (Å²) in [5.41, 5.74) is 1.43. The molecule has 0 unspecified atom stereocenters. The Labute approximate surface area is 195 Å². The van der Waals surface area contributed by atoms with E-state index in [1.54, 1.807) is 0 Å². The third-order valence-corrected chi connectivity index (χ3v) is 6.14. The molecule has 1 aromatic heterocycles. The Balaban J connectivity index is 2.10. The van der Waals surface area contributed by atoms with Gasteiger partial charge in [0.2, 0.25) is 0 Å². The lowest BCUT2D eigenvalue weighted by Crippen LogP contribution is -2.47. The van der Waals surface area contributed by atoms with Gasteiger partial charge in [-0.3, -0.25) is 14.6 Å². The molecule has 2 aromatic rings. The largest absolute Gasteiger partial charge is 0.434 e. The molecule has 1 saturated heterocycles. The number of carbonyl (C=O) groups is 2. The fourth-order valence-electron chi connectivity index (χ4n) is 4.08. The van der Waals surface area contributed by atoms with Crippen LogP contribution in [0.5, 0.6) is 5.75 Å². The first-order chi connectivity index (χ1) is 16.2. The summed E-state index contributed by atoms with van der Waals surface area (Å²) in [4.78, 5) is 28.2. The molecule has 0 radical (unpaired) electrons. The first-order valence-corrected chi connectivity index (χ1v) is 10.2. The summed E-state index contributed by atoms with van der Waals surface area (Å²) in [6.45, 7) is -0.401. The van der Waals surface area contributed by atoms with E-state index < -0.39 is 59.7 Å². The summed E-state index contributed by atoms with van der Waals surface area (Å²) in [5.74, 6) is -6.53. The molecule has 13 heteroatoms. The number of amides is 2. The molecule has 1 aliphatic rings. The highest BCUT2D eigenvalue weighted by Gasteiger charge is 2.65. The predicted octanol–water partition coefficient (Wildman–Crippen LogP) is 4.31. The molecule has 0 bridgehead atoms. The number of benzene rings is 1. The first-order valence-electron chi connectivity index (χ1n) is 10.2. The summed E-state index contributed by atoms with van der Waals surface area (Å²) in [6.07, 6.45) is -5.66. The van der Waals surface area contributed by atoms with Crippen LogP contribution in [0.1, 0.15) is 41.4 Å². The summed E-state index contributed by atoms with van der Waals surface area (Å²) in [6, 6.07) is 4.23. The molecule has 1 aliphatic heterocycles. The Morgan fingerprint density at radius 2 is 1.91 bits per heavy atom. The van der Waals surface area contributed by atoms with Crippen molar-refractivity contribution >= 4 is 17.5 Å². The number of rotatable bonds is 6. The quantitative estimate of drug-likeness (QED) is 0.570. The maximum absolute atomic E-state index is 14.1. The highest BCUT2D eigenvalue weighted by molar-refractivity contribution is 5.97. The van der Waals surface area contributed by atoms with Crippen molar-refractivity contribution in [2.24, 2.45) is 11.7 Å². The van der Waals surface area contributed by atoms with Gasteiger partial charge >= 0.3 is 12.8 Å². The number of halogens is 6. The van der Waals surface area contributed by atoms with E-state index in [9.17, 15) is 35.9 Å². The van der Waals surface area contributed by atoms with Crippen molar-refractivity contribution in [2.45, 2.75) is 51.2 Å². The van der Waals surface area contributed by atoms with Crippen LogP contribution in [-0.2, 0) is 9.53 Å². The van der Waals surface area contributed by atoms with Crippen LogP contribution in [0.3, 0.4) is 0 Å². The normalized spacial score (nSPS) is 24.5. The van der Waals surface area contributed by atoms with Gasteiger partial charge in [0.1, 0.15) is 23.4 Å². The van der Waals surface area contributed by atoms with Crippen molar-refractivity contribution in [1.82, 2.24) is 4.98 Å². The molecule has 7 nitrogen and oxygen atoms in total. The molecule has 35 heavy (non-hydrogen) atoms. The van der Waals surface area contributed by atoms with E-state index in [0.29, 0.717) is 0 Å². The third-order valence-electron chi connectivity index (χ3n) is 6.14. The number of nitrogens with zero attached hydrogens (tertiary/aromatic N) is 1. The molecule has 0 saturated carbocycles. The Bertz CT molecular complexity index is 1140. The van der Waals surface area contributed by atoms with Gasteiger partial charge in [0.25, 0.3) is 11.8 Å². The van der Waals surface area contributed by atoms with Crippen LogP contribution >= 0.6 is 0 Å². The molecule has 0 spiro atoms. The molecule has 3 N–H and O–H groups in total. The van der Waals surface area contributed by atoms with Crippen LogP contribution in [-0.4, -0.2) is 41.3 Å². The summed E-state index contributed by atoms with van der Waals surface area (Å²) in [5, 5.41) is 2.33. The van der Waals surface area contributed by atoms with Crippen LogP contribution in [0.2, 0.25) is 0 Å². The first kappa shape index (κ1) is 26.3. The fraction of sp³-hybridized carbons (Fsp3) is 0.409. The third kappa shape index (κ3) is 4.90. The number of ether oxygens (including phenoxy) is 2. The molecular weight excluding hydrogens is 484 g/mol. The highest BCUT2D eigenvalue weighted by Crippen LogP contribution is 2.55. The zero-order chi connectivity index (χ0) is 26.3. The molecule has 1 aromatic carbocycles. The van der Waals surface area contributed by atoms with E-state index in [1.165, 1.54) is 6.07 Å². The SMILES string of the molecule is Cc1c(F)ccc([C@H]2[C@H](C(=O)Nc3ccnc(C(N)=O)c3)O[C@@](C)(C(F)(F)F)[C@H]2C)c1OC(F)F. The van der Waals surface area contributed by atoms with Gasteiger partial charge in [-0.2, -0.15) is 22.0 Å². The Morgan fingerprint density at radius 3 is 2.49 bits per heavy atom. The Kier molecular flexibility index (Phi) is 7.02. The number of alkyl halides is 5. The van der Waals surface area contributed by atoms with Crippen LogP contribution in [0, 0.1) is 18.7 Å². The number of carbonyl (C=O) groups excluding carboxylic acids is 2. The zero-order valence-electron chi connectivity index (χ0n) is 18.6. The van der Waals surface area contributed by atoms with Crippen molar-refractivity contribution in [3.8, 4) is 5.75 Å². The Hall–Kier alpha value is -3.35. The van der Waals surface area contributed by atoms with Crippen molar-refractivity contribution < 1.29 is 45.4 Å². The number of hydrogen-bond acceptors (Lipinski definition) is 5. The van der Waals surface area contributed by atoms with Gasteiger partial charge < -0.3 is 20.5 Å². The minimum Gasteiger partial charge on any atom is -0.434 e. The predicted molar refractivity (Wildman–Crippen MR) is 110 cm³/mol. The maximum atomic E-state index is 14.1. The van der Waals surface area contributed by atoms with Gasteiger partial charge in [0.05, 0.1) is 0 Å². The monoisotopic (exact) mass is 505 g/mol. The van der Waals surface area contributed by atoms with Crippen molar-refractivity contribution in [3.05, 3.63) is 53.1 Å². The van der Waals surface area contributed by atoms with Crippen LogP contribution in [0.25, 0.3) is 0 Å². The summed E-state index contributed by atoms with van der Waals surface area (Å²) in [7, 11) is 0. The second-order valence-electron chi connectivity index (χ2n) is 8.21. The van der Waals surface area contributed by atoms with Crippen molar-refractivity contribution in [3.63, 3.8) is 0 Å². The number of aromatic nitrogens is 1. The van der Waals surface area contributed by atoms with Gasteiger partial charge in [-0.15, -0.1) is 0 Å². The van der Waals surface area contributed by atoms with Crippen molar-refractivity contribution in [1.29, 1.82) is 0 Å². The molecule has 0 aliphatic carbocycles. The number of hydrogen-bond donors (Lipinski definition) is 2. The van der Waals surface area contributed by atoms with Crippen molar-refractivity contribution in [2.75, 3.05) is 5.32 Å². The average molecular weight is 505 g/mol. The minimum atomic E-state index is -4.95. The van der Waals surface area contributed by atoms with E-state index in [0.717, 1.165) is 45.2 Å². The molecular formula is C22H21F6N3O4. The van der Waals surface area contributed by atoms with E-state index in [1.807, 2.05) is 0 Å². The number of pyridine rings is 1. The number of anilines is 1. The lowest BCUT2D eigenvalue weighted by Gasteiger charge is -2.32.